The van der Waals surface area contributed by atoms with Gasteiger partial charge in [-0.25, -0.2) is 8.78 Å². The zero-order valence-corrected chi connectivity index (χ0v) is 10.6. The Balaban J connectivity index is 2.41. The number of rotatable bonds is 2. The molecule has 1 nitrogen and oxygen atoms in total. The van der Waals surface area contributed by atoms with Gasteiger partial charge >= 0.3 is 0 Å². The summed E-state index contributed by atoms with van der Waals surface area (Å²) >= 11 is 11.7. The van der Waals surface area contributed by atoms with E-state index >= 15 is 0 Å². The van der Waals surface area contributed by atoms with E-state index in [1.54, 1.807) is 18.2 Å². The van der Waals surface area contributed by atoms with Crippen molar-refractivity contribution in [2.75, 3.05) is 0 Å². The fourth-order valence-electron chi connectivity index (χ4n) is 1.64. The molecule has 0 saturated carbocycles. The molecule has 0 aliphatic rings. The van der Waals surface area contributed by atoms with E-state index < -0.39 is 17.7 Å². The van der Waals surface area contributed by atoms with Crippen LogP contribution in [0.5, 0.6) is 0 Å². The molecule has 2 aromatic carbocycles. The maximum atomic E-state index is 13.6. The lowest BCUT2D eigenvalue weighted by molar-refractivity contribution is 0.566. The molecule has 0 heterocycles. The Bertz CT molecular complexity index is 587. The summed E-state index contributed by atoms with van der Waals surface area (Å²) in [5, 5.41) is 0.735. The zero-order chi connectivity index (χ0) is 13.3. The van der Waals surface area contributed by atoms with Gasteiger partial charge in [-0.15, -0.1) is 0 Å². The van der Waals surface area contributed by atoms with Crippen molar-refractivity contribution in [1.29, 1.82) is 0 Å². The fourth-order valence-corrected chi connectivity index (χ4v) is 1.95. The Morgan fingerprint density at radius 1 is 0.944 bits per heavy atom. The molecule has 0 bridgehead atoms. The highest BCUT2D eigenvalue weighted by atomic mass is 35.5. The first-order chi connectivity index (χ1) is 8.49. The van der Waals surface area contributed by atoms with Gasteiger partial charge in [0.1, 0.15) is 11.6 Å². The van der Waals surface area contributed by atoms with Crippen LogP contribution in [0.3, 0.4) is 0 Å². The predicted octanol–water partition coefficient (Wildman–Crippen LogP) is 4.32. The maximum absolute atomic E-state index is 13.6. The van der Waals surface area contributed by atoms with Crippen LogP contribution in [0.4, 0.5) is 8.78 Å². The molecule has 0 saturated heterocycles. The molecule has 2 rings (SSSR count). The van der Waals surface area contributed by atoms with Crippen molar-refractivity contribution in [1.82, 2.24) is 0 Å². The summed E-state index contributed by atoms with van der Waals surface area (Å²) in [6.45, 7) is 0. The van der Waals surface area contributed by atoms with Gasteiger partial charge in [-0.3, -0.25) is 0 Å². The number of nitrogens with two attached hydrogens (primary N) is 1. The Kier molecular flexibility index (Phi) is 3.85. The minimum absolute atomic E-state index is 0.204. The van der Waals surface area contributed by atoms with Crippen LogP contribution < -0.4 is 5.73 Å². The second-order valence-corrected chi connectivity index (χ2v) is 4.63. The van der Waals surface area contributed by atoms with Gasteiger partial charge in [0.15, 0.2) is 0 Å². The smallest absolute Gasteiger partial charge is 0.131 e. The second-order valence-electron chi connectivity index (χ2n) is 3.82. The molecule has 2 N–H and O–H groups in total. The Hall–Kier alpha value is -1.16. The van der Waals surface area contributed by atoms with Crippen LogP contribution in [0.15, 0.2) is 36.4 Å². The molecular weight excluding hydrogens is 279 g/mol. The first-order valence-corrected chi connectivity index (χ1v) is 5.90. The number of hydrogen-bond donors (Lipinski definition) is 1. The minimum atomic E-state index is -0.722. The molecule has 0 radical (unpaired) electrons. The van der Waals surface area contributed by atoms with Crippen LogP contribution in [0.2, 0.25) is 10.0 Å². The Labute approximate surface area is 113 Å². The molecule has 0 aliphatic carbocycles. The lowest BCUT2D eigenvalue weighted by atomic mass is 9.99. The third kappa shape index (κ3) is 2.64. The molecule has 0 aliphatic heterocycles. The van der Waals surface area contributed by atoms with Crippen molar-refractivity contribution in [3.63, 3.8) is 0 Å². The number of benzene rings is 2. The normalized spacial score (nSPS) is 12.5. The summed E-state index contributed by atoms with van der Waals surface area (Å²) in [5.41, 5.74) is 6.73. The summed E-state index contributed by atoms with van der Waals surface area (Å²) < 4.78 is 26.4. The van der Waals surface area contributed by atoms with E-state index in [4.69, 9.17) is 28.9 Å². The van der Waals surface area contributed by atoms with Gasteiger partial charge in [-0.2, -0.15) is 0 Å². The lowest BCUT2D eigenvalue weighted by Crippen LogP contribution is -2.13. The largest absolute Gasteiger partial charge is 0.320 e. The van der Waals surface area contributed by atoms with Crippen LogP contribution in [-0.2, 0) is 0 Å². The number of hydrogen-bond acceptors (Lipinski definition) is 1. The van der Waals surface area contributed by atoms with Crippen molar-refractivity contribution in [3.8, 4) is 0 Å². The first kappa shape index (κ1) is 13.3. The van der Waals surface area contributed by atoms with Gasteiger partial charge in [0.2, 0.25) is 0 Å². The first-order valence-electron chi connectivity index (χ1n) is 5.14. The zero-order valence-electron chi connectivity index (χ0n) is 9.13. The number of halogens is 4. The predicted molar refractivity (Wildman–Crippen MR) is 68.9 cm³/mol. The standard InChI is InChI=1S/C13H9Cl2F2N/c14-10-4-1-7(5-11(10)15)13(18)9-3-2-8(16)6-12(9)17/h1-6,13H,18H2. The quantitative estimate of drug-likeness (QED) is 0.875. The fraction of sp³-hybridized carbons (Fsp3) is 0.0769. The van der Waals surface area contributed by atoms with Crippen molar-refractivity contribution in [3.05, 3.63) is 69.2 Å². The van der Waals surface area contributed by atoms with Gasteiger partial charge in [0.05, 0.1) is 16.1 Å². The van der Waals surface area contributed by atoms with E-state index in [0.717, 1.165) is 12.1 Å². The van der Waals surface area contributed by atoms with E-state index in [1.165, 1.54) is 6.07 Å². The maximum Gasteiger partial charge on any atom is 0.131 e. The Morgan fingerprint density at radius 2 is 1.67 bits per heavy atom. The molecule has 94 valence electrons. The van der Waals surface area contributed by atoms with Crippen LogP contribution in [0, 0.1) is 11.6 Å². The molecule has 0 amide bonds. The van der Waals surface area contributed by atoms with Gasteiger partial charge in [0.25, 0.3) is 0 Å². The second kappa shape index (κ2) is 5.22. The molecule has 0 fully saturated rings. The van der Waals surface area contributed by atoms with Gasteiger partial charge in [-0.1, -0.05) is 35.3 Å². The SMILES string of the molecule is NC(c1ccc(Cl)c(Cl)c1)c1ccc(F)cc1F. The molecule has 2 aromatic rings. The van der Waals surface area contributed by atoms with Crippen LogP contribution in [0.1, 0.15) is 17.2 Å². The van der Waals surface area contributed by atoms with Crippen LogP contribution >= 0.6 is 23.2 Å². The summed E-state index contributed by atoms with van der Waals surface area (Å²) in [5.74, 6) is -1.33. The van der Waals surface area contributed by atoms with E-state index in [0.29, 0.717) is 15.6 Å². The van der Waals surface area contributed by atoms with Gasteiger partial charge in [0, 0.05) is 11.6 Å². The highest BCUT2D eigenvalue weighted by Gasteiger charge is 2.15. The third-order valence-electron chi connectivity index (χ3n) is 2.60. The van der Waals surface area contributed by atoms with Crippen molar-refractivity contribution in [2.45, 2.75) is 6.04 Å². The highest BCUT2D eigenvalue weighted by Crippen LogP contribution is 2.28. The lowest BCUT2D eigenvalue weighted by Gasteiger charge is -2.14. The van der Waals surface area contributed by atoms with Crippen molar-refractivity contribution >= 4 is 23.2 Å². The van der Waals surface area contributed by atoms with Gasteiger partial charge in [-0.05, 0) is 23.8 Å². The third-order valence-corrected chi connectivity index (χ3v) is 3.34. The van der Waals surface area contributed by atoms with Crippen LogP contribution in [0.25, 0.3) is 0 Å². The minimum Gasteiger partial charge on any atom is -0.320 e. The molecule has 5 heteroatoms. The summed E-state index contributed by atoms with van der Waals surface area (Å²) in [7, 11) is 0. The van der Waals surface area contributed by atoms with Crippen molar-refractivity contribution in [2.24, 2.45) is 5.73 Å². The molecular formula is C13H9Cl2F2N. The average Bonchev–Trinajstić information content (AvgIpc) is 2.32. The van der Waals surface area contributed by atoms with E-state index in [-0.39, 0.29) is 5.56 Å². The molecule has 1 unspecified atom stereocenters. The van der Waals surface area contributed by atoms with Crippen LogP contribution in [-0.4, -0.2) is 0 Å². The summed E-state index contributed by atoms with van der Waals surface area (Å²) in [6, 6.07) is 7.36. The molecule has 0 spiro atoms. The van der Waals surface area contributed by atoms with E-state index in [2.05, 4.69) is 0 Å². The summed E-state index contributed by atoms with van der Waals surface area (Å²) in [6.07, 6.45) is 0. The van der Waals surface area contributed by atoms with E-state index in [1.807, 2.05) is 0 Å². The molecule has 18 heavy (non-hydrogen) atoms. The van der Waals surface area contributed by atoms with E-state index in [9.17, 15) is 8.78 Å². The monoisotopic (exact) mass is 287 g/mol. The molecule has 0 aromatic heterocycles. The average molecular weight is 288 g/mol. The Morgan fingerprint density at radius 3 is 2.28 bits per heavy atom. The van der Waals surface area contributed by atoms with Gasteiger partial charge < -0.3 is 5.73 Å². The topological polar surface area (TPSA) is 26.0 Å². The molecule has 1 atom stereocenters. The van der Waals surface area contributed by atoms with Crippen molar-refractivity contribution < 1.29 is 8.78 Å². The summed E-state index contributed by atoms with van der Waals surface area (Å²) in [4.78, 5) is 0. The highest BCUT2D eigenvalue weighted by molar-refractivity contribution is 6.42.